The highest BCUT2D eigenvalue weighted by molar-refractivity contribution is 7.89. The van der Waals surface area contributed by atoms with Crippen molar-refractivity contribution in [2.45, 2.75) is 37.2 Å². The Balaban J connectivity index is 2.30. The van der Waals surface area contributed by atoms with Gasteiger partial charge in [0.05, 0.1) is 23.0 Å². The standard InChI is InChI=1S/C21H30N4O5S/c1-21(2,3)23-31(28,29)17-11-12-18(19(13-17)25(26)27)22-14-20(24(4)5)15-7-9-16(30-6)10-8-15/h7-13,20,22-23H,14H2,1-6H3. The van der Waals surface area contributed by atoms with Gasteiger partial charge in [0.2, 0.25) is 10.0 Å². The van der Waals surface area contributed by atoms with E-state index in [-0.39, 0.29) is 22.3 Å². The first-order valence-corrected chi connectivity index (χ1v) is 11.2. The van der Waals surface area contributed by atoms with Gasteiger partial charge in [0.1, 0.15) is 11.4 Å². The highest BCUT2D eigenvalue weighted by Gasteiger charge is 2.26. The van der Waals surface area contributed by atoms with Crippen molar-refractivity contribution in [3.05, 3.63) is 58.1 Å². The third-order valence-corrected chi connectivity index (χ3v) is 6.28. The molecule has 170 valence electrons. The van der Waals surface area contributed by atoms with Crippen molar-refractivity contribution in [2.75, 3.05) is 33.1 Å². The van der Waals surface area contributed by atoms with Crippen molar-refractivity contribution in [3.8, 4) is 5.75 Å². The molecule has 2 aromatic carbocycles. The number of hydrogen-bond acceptors (Lipinski definition) is 7. The molecule has 0 aromatic heterocycles. The van der Waals surface area contributed by atoms with Crippen molar-refractivity contribution in [1.82, 2.24) is 9.62 Å². The number of hydrogen-bond donors (Lipinski definition) is 2. The molecule has 9 nitrogen and oxygen atoms in total. The summed E-state index contributed by atoms with van der Waals surface area (Å²) in [5, 5.41) is 14.7. The fourth-order valence-corrected chi connectivity index (χ4v) is 4.51. The first kappa shape index (κ1) is 24.6. The zero-order chi connectivity index (χ0) is 23.4. The maximum atomic E-state index is 12.6. The molecule has 0 bridgehead atoms. The highest BCUT2D eigenvalue weighted by atomic mass is 32.2. The Bertz CT molecular complexity index is 1020. The maximum absolute atomic E-state index is 12.6. The Kier molecular flexibility index (Phi) is 7.63. The molecule has 2 aromatic rings. The molecule has 10 heteroatoms. The molecule has 0 aliphatic carbocycles. The van der Waals surface area contributed by atoms with Crippen LogP contribution in [0, 0.1) is 10.1 Å². The third kappa shape index (κ3) is 6.65. The average Bonchev–Trinajstić information content (AvgIpc) is 2.66. The third-order valence-electron chi connectivity index (χ3n) is 4.53. The quantitative estimate of drug-likeness (QED) is 0.445. The van der Waals surface area contributed by atoms with Crippen molar-refractivity contribution < 1.29 is 18.1 Å². The number of nitro benzene ring substituents is 1. The first-order valence-electron chi connectivity index (χ1n) is 9.71. The molecule has 0 saturated carbocycles. The minimum atomic E-state index is -3.89. The minimum Gasteiger partial charge on any atom is -0.497 e. The van der Waals surface area contributed by atoms with Crippen LogP contribution < -0.4 is 14.8 Å². The van der Waals surface area contributed by atoms with Crippen LogP contribution in [-0.4, -0.2) is 51.5 Å². The van der Waals surface area contributed by atoms with Gasteiger partial charge in [0, 0.05) is 18.2 Å². The average molecular weight is 451 g/mol. The number of anilines is 1. The van der Waals surface area contributed by atoms with E-state index in [2.05, 4.69) is 10.0 Å². The van der Waals surface area contributed by atoms with Gasteiger partial charge in [-0.1, -0.05) is 12.1 Å². The van der Waals surface area contributed by atoms with Gasteiger partial charge >= 0.3 is 0 Å². The van der Waals surface area contributed by atoms with Crippen LogP contribution >= 0.6 is 0 Å². The fourth-order valence-electron chi connectivity index (χ4n) is 3.07. The number of sulfonamides is 1. The summed E-state index contributed by atoms with van der Waals surface area (Å²) in [4.78, 5) is 12.9. The van der Waals surface area contributed by atoms with Gasteiger partial charge in [-0.05, 0) is 64.7 Å². The van der Waals surface area contributed by atoms with E-state index in [0.29, 0.717) is 6.54 Å². The van der Waals surface area contributed by atoms with Crippen molar-refractivity contribution in [2.24, 2.45) is 0 Å². The van der Waals surface area contributed by atoms with Crippen LogP contribution in [0.15, 0.2) is 47.4 Å². The highest BCUT2D eigenvalue weighted by Crippen LogP contribution is 2.29. The SMILES string of the molecule is COc1ccc(C(CNc2ccc(S(=O)(=O)NC(C)(C)C)cc2[N+](=O)[O-])N(C)C)cc1. The Labute approximate surface area is 183 Å². The number of methoxy groups -OCH3 is 1. The Hall–Kier alpha value is -2.69. The van der Waals surface area contributed by atoms with Crippen LogP contribution in [0.1, 0.15) is 32.4 Å². The van der Waals surface area contributed by atoms with Gasteiger partial charge in [0.15, 0.2) is 0 Å². The molecule has 2 N–H and O–H groups in total. The van der Waals surface area contributed by atoms with E-state index in [1.807, 2.05) is 43.3 Å². The van der Waals surface area contributed by atoms with E-state index >= 15 is 0 Å². The molecule has 0 spiro atoms. The Morgan fingerprint density at radius 1 is 1.13 bits per heavy atom. The Morgan fingerprint density at radius 3 is 2.23 bits per heavy atom. The van der Waals surface area contributed by atoms with Crippen molar-refractivity contribution in [1.29, 1.82) is 0 Å². The molecule has 0 amide bonds. The maximum Gasteiger partial charge on any atom is 0.293 e. The molecule has 0 aliphatic heterocycles. The number of nitro groups is 1. The largest absolute Gasteiger partial charge is 0.497 e. The number of rotatable bonds is 9. The predicted octanol–water partition coefficient (Wildman–Crippen LogP) is 3.40. The number of nitrogens with zero attached hydrogens (tertiary/aromatic N) is 2. The van der Waals surface area contributed by atoms with Gasteiger partial charge in [-0.2, -0.15) is 0 Å². The van der Waals surface area contributed by atoms with Crippen LogP contribution in [-0.2, 0) is 10.0 Å². The second kappa shape index (κ2) is 9.63. The number of likely N-dealkylation sites (N-methyl/N-ethyl adjacent to an activating group) is 1. The molecule has 1 unspecified atom stereocenters. The van der Waals surface area contributed by atoms with Gasteiger partial charge in [-0.3, -0.25) is 10.1 Å². The fraction of sp³-hybridized carbons (Fsp3) is 0.429. The molecule has 2 rings (SSSR count). The second-order valence-electron chi connectivity index (χ2n) is 8.43. The summed E-state index contributed by atoms with van der Waals surface area (Å²) in [6.45, 7) is 5.49. The van der Waals surface area contributed by atoms with Crippen LogP contribution in [0.5, 0.6) is 5.75 Å². The van der Waals surface area contributed by atoms with E-state index in [0.717, 1.165) is 17.4 Å². The summed E-state index contributed by atoms with van der Waals surface area (Å²) in [6.07, 6.45) is 0. The van der Waals surface area contributed by atoms with Gasteiger partial charge < -0.3 is 15.0 Å². The molecular formula is C21H30N4O5S. The van der Waals surface area contributed by atoms with E-state index in [1.165, 1.54) is 12.1 Å². The monoisotopic (exact) mass is 450 g/mol. The number of nitrogens with one attached hydrogen (secondary N) is 2. The normalized spacial score (nSPS) is 13.1. The second-order valence-corrected chi connectivity index (χ2v) is 10.1. The lowest BCUT2D eigenvalue weighted by atomic mass is 10.1. The Morgan fingerprint density at radius 2 is 1.74 bits per heavy atom. The van der Waals surface area contributed by atoms with Crippen molar-refractivity contribution >= 4 is 21.4 Å². The van der Waals surface area contributed by atoms with Gasteiger partial charge in [-0.15, -0.1) is 0 Å². The molecule has 0 radical (unpaired) electrons. The summed E-state index contributed by atoms with van der Waals surface area (Å²) in [5.41, 5.74) is 0.251. The molecule has 0 aliphatic rings. The van der Waals surface area contributed by atoms with Crippen LogP contribution in [0.3, 0.4) is 0 Å². The van der Waals surface area contributed by atoms with Crippen LogP contribution in [0.4, 0.5) is 11.4 Å². The molecule has 1 atom stereocenters. The van der Waals surface area contributed by atoms with E-state index < -0.39 is 20.5 Å². The lowest BCUT2D eigenvalue weighted by Gasteiger charge is -2.26. The zero-order valence-corrected chi connectivity index (χ0v) is 19.5. The van der Waals surface area contributed by atoms with E-state index in [1.54, 1.807) is 27.9 Å². The molecule has 31 heavy (non-hydrogen) atoms. The zero-order valence-electron chi connectivity index (χ0n) is 18.7. The van der Waals surface area contributed by atoms with Gasteiger partial charge in [-0.25, -0.2) is 13.1 Å². The molecule has 0 saturated heterocycles. The van der Waals surface area contributed by atoms with E-state index in [4.69, 9.17) is 4.74 Å². The lowest BCUT2D eigenvalue weighted by molar-refractivity contribution is -0.384. The summed E-state index contributed by atoms with van der Waals surface area (Å²) >= 11 is 0. The first-order chi connectivity index (χ1) is 14.3. The molecular weight excluding hydrogens is 420 g/mol. The van der Waals surface area contributed by atoms with Gasteiger partial charge in [0.25, 0.3) is 5.69 Å². The predicted molar refractivity (Wildman–Crippen MR) is 121 cm³/mol. The topological polar surface area (TPSA) is 114 Å². The number of ether oxygens (including phenoxy) is 1. The molecule has 0 heterocycles. The minimum absolute atomic E-state index is 0.0727. The smallest absolute Gasteiger partial charge is 0.293 e. The number of benzene rings is 2. The molecule has 0 fully saturated rings. The summed E-state index contributed by atoms with van der Waals surface area (Å²) in [5.74, 6) is 0.741. The summed E-state index contributed by atoms with van der Waals surface area (Å²) in [7, 11) is 1.54. The van der Waals surface area contributed by atoms with E-state index in [9.17, 15) is 18.5 Å². The van der Waals surface area contributed by atoms with Crippen molar-refractivity contribution in [3.63, 3.8) is 0 Å². The van der Waals surface area contributed by atoms with Crippen LogP contribution in [0.2, 0.25) is 0 Å². The summed E-state index contributed by atoms with van der Waals surface area (Å²) in [6, 6.07) is 11.4. The summed E-state index contributed by atoms with van der Waals surface area (Å²) < 4.78 is 32.8. The van der Waals surface area contributed by atoms with Crippen LogP contribution in [0.25, 0.3) is 0 Å². The lowest BCUT2D eigenvalue weighted by Crippen LogP contribution is -2.40.